The fourth-order valence-electron chi connectivity index (χ4n) is 3.56. The number of fused-ring (bicyclic) bond motifs is 1. The number of benzene rings is 4. The van der Waals surface area contributed by atoms with Crippen molar-refractivity contribution in [2.24, 2.45) is 0 Å². The van der Waals surface area contributed by atoms with Crippen LogP contribution in [0.2, 0.25) is 5.02 Å². The van der Waals surface area contributed by atoms with E-state index in [1.54, 1.807) is 12.1 Å². The van der Waals surface area contributed by atoms with Gasteiger partial charge in [0.1, 0.15) is 25.4 Å². The molecular weight excluding hydrogens is 410 g/mol. The van der Waals surface area contributed by atoms with Crippen LogP contribution in [0.1, 0.15) is 27.0 Å². The molecule has 0 fully saturated rings. The van der Waals surface area contributed by atoms with Crippen LogP contribution in [0.3, 0.4) is 0 Å². The van der Waals surface area contributed by atoms with E-state index in [0.717, 1.165) is 35.5 Å². The van der Waals surface area contributed by atoms with Crippen LogP contribution >= 0.6 is 11.6 Å². The van der Waals surface area contributed by atoms with E-state index in [0.29, 0.717) is 11.6 Å². The summed E-state index contributed by atoms with van der Waals surface area (Å²) in [6.45, 7) is 1.93. The van der Waals surface area contributed by atoms with Gasteiger partial charge in [0.15, 0.2) is 0 Å². The van der Waals surface area contributed by atoms with E-state index in [-0.39, 0.29) is 5.56 Å². The molecule has 0 spiro atoms. The molecule has 0 saturated carbocycles. The molecular formula is C26H22ClNO3. The van der Waals surface area contributed by atoms with Gasteiger partial charge in [0.25, 0.3) is 0 Å². The first-order chi connectivity index (χ1) is 15.1. The number of quaternary nitrogens is 1. The van der Waals surface area contributed by atoms with Crippen LogP contribution < -0.4 is 15.2 Å². The van der Waals surface area contributed by atoms with Crippen LogP contribution in [0.15, 0.2) is 84.9 Å². The van der Waals surface area contributed by atoms with Crippen molar-refractivity contribution in [1.82, 2.24) is 0 Å². The number of halogens is 1. The number of aromatic carboxylic acids is 1. The number of hydrogen-bond donors (Lipinski definition) is 1. The van der Waals surface area contributed by atoms with Gasteiger partial charge in [0.2, 0.25) is 0 Å². The maximum atomic E-state index is 10.9. The first kappa shape index (κ1) is 20.9. The van der Waals surface area contributed by atoms with Gasteiger partial charge in [-0.25, -0.2) is 0 Å². The quantitative estimate of drug-likeness (QED) is 0.462. The van der Waals surface area contributed by atoms with Crippen molar-refractivity contribution >= 4 is 28.3 Å². The van der Waals surface area contributed by atoms with E-state index in [4.69, 9.17) is 16.3 Å². The lowest BCUT2D eigenvalue weighted by atomic mass is 10.0. The minimum Gasteiger partial charge on any atom is -0.545 e. The fourth-order valence-corrected chi connectivity index (χ4v) is 3.69. The third-order valence-electron chi connectivity index (χ3n) is 5.22. The van der Waals surface area contributed by atoms with Gasteiger partial charge >= 0.3 is 0 Å². The zero-order valence-electron chi connectivity index (χ0n) is 16.9. The fraction of sp³-hybridized carbons (Fsp3) is 0.115. The monoisotopic (exact) mass is 431 g/mol. The second-order valence-electron chi connectivity index (χ2n) is 7.36. The molecule has 156 valence electrons. The topological polar surface area (TPSA) is 66.0 Å². The lowest BCUT2D eigenvalue weighted by Crippen LogP contribution is -2.80. The summed E-state index contributed by atoms with van der Waals surface area (Å²) in [7, 11) is 0. The number of rotatable bonds is 8. The largest absolute Gasteiger partial charge is 0.545 e. The molecule has 0 aliphatic carbocycles. The van der Waals surface area contributed by atoms with E-state index in [9.17, 15) is 9.90 Å². The first-order valence-corrected chi connectivity index (χ1v) is 10.5. The van der Waals surface area contributed by atoms with Crippen molar-refractivity contribution in [3.8, 4) is 5.75 Å². The minimum absolute atomic E-state index is 0.190. The lowest BCUT2D eigenvalue weighted by Gasteiger charge is -2.14. The van der Waals surface area contributed by atoms with E-state index in [2.05, 4.69) is 23.5 Å². The molecule has 0 radical (unpaired) electrons. The van der Waals surface area contributed by atoms with Crippen molar-refractivity contribution in [3.63, 3.8) is 0 Å². The van der Waals surface area contributed by atoms with Crippen LogP contribution in [-0.2, 0) is 19.7 Å². The standard InChI is InChI=1S/C26H22ClNO3/c27-22-12-7-19(8-13-22)17-31-25-14-11-20-3-1-2-4-23(20)24(25)16-28-15-18-5-9-21(10-6-18)26(29)30/h1-14,28H,15-17H2,(H,29,30). The van der Waals surface area contributed by atoms with Gasteiger partial charge in [-0.15, -0.1) is 0 Å². The van der Waals surface area contributed by atoms with Gasteiger partial charge in [-0.1, -0.05) is 78.3 Å². The predicted octanol–water partition coefficient (Wildman–Crippen LogP) is 3.70. The summed E-state index contributed by atoms with van der Waals surface area (Å²) in [6.07, 6.45) is 0. The van der Waals surface area contributed by atoms with Gasteiger partial charge in [-0.3, -0.25) is 0 Å². The van der Waals surface area contributed by atoms with Gasteiger partial charge in [0, 0.05) is 10.6 Å². The summed E-state index contributed by atoms with van der Waals surface area (Å²) in [5.74, 6) is -0.300. The maximum Gasteiger partial charge on any atom is 0.129 e. The second-order valence-corrected chi connectivity index (χ2v) is 7.80. The normalized spacial score (nSPS) is 10.9. The van der Waals surface area contributed by atoms with E-state index in [1.165, 1.54) is 10.8 Å². The van der Waals surface area contributed by atoms with Gasteiger partial charge in [0.05, 0.1) is 11.5 Å². The Kier molecular flexibility index (Phi) is 6.51. The number of carbonyl (C=O) groups excluding carboxylic acids is 1. The van der Waals surface area contributed by atoms with Crippen molar-refractivity contribution in [3.05, 3.63) is 112 Å². The molecule has 4 aromatic carbocycles. The number of hydrogen-bond acceptors (Lipinski definition) is 3. The molecule has 0 aromatic heterocycles. The predicted molar refractivity (Wildman–Crippen MR) is 120 cm³/mol. The van der Waals surface area contributed by atoms with Crippen molar-refractivity contribution in [2.75, 3.05) is 0 Å². The third kappa shape index (κ3) is 5.23. The Hall–Kier alpha value is -3.34. The number of carboxylic acid groups (broad SMARTS) is 1. The van der Waals surface area contributed by atoms with E-state index < -0.39 is 5.97 Å². The number of ether oxygens (including phenoxy) is 1. The molecule has 0 amide bonds. The molecule has 4 rings (SSSR count). The highest BCUT2D eigenvalue weighted by atomic mass is 35.5. The Morgan fingerprint density at radius 3 is 2.29 bits per heavy atom. The average Bonchev–Trinajstić information content (AvgIpc) is 2.79. The van der Waals surface area contributed by atoms with E-state index in [1.807, 2.05) is 54.6 Å². The summed E-state index contributed by atoms with van der Waals surface area (Å²) >= 11 is 5.97. The average molecular weight is 432 g/mol. The first-order valence-electron chi connectivity index (χ1n) is 10.1. The Morgan fingerprint density at radius 1 is 0.839 bits per heavy atom. The highest BCUT2D eigenvalue weighted by Gasteiger charge is 2.11. The van der Waals surface area contributed by atoms with Crippen molar-refractivity contribution in [1.29, 1.82) is 0 Å². The Balaban J connectivity index is 1.50. The summed E-state index contributed by atoms with van der Waals surface area (Å²) in [5.41, 5.74) is 3.43. The van der Waals surface area contributed by atoms with Crippen LogP contribution in [0.25, 0.3) is 10.8 Å². The van der Waals surface area contributed by atoms with Crippen LogP contribution in [0, 0.1) is 0 Å². The van der Waals surface area contributed by atoms with Gasteiger partial charge in [-0.05, 0) is 40.1 Å². The number of carboxylic acids is 1. The van der Waals surface area contributed by atoms with Gasteiger partial charge < -0.3 is 20.0 Å². The Bertz CT molecular complexity index is 1190. The highest BCUT2D eigenvalue weighted by Crippen LogP contribution is 2.28. The molecule has 5 heteroatoms. The van der Waals surface area contributed by atoms with Crippen LogP contribution in [0.5, 0.6) is 5.75 Å². The molecule has 4 aromatic rings. The molecule has 0 heterocycles. The van der Waals surface area contributed by atoms with Crippen molar-refractivity contribution < 1.29 is 20.0 Å². The van der Waals surface area contributed by atoms with E-state index >= 15 is 0 Å². The minimum atomic E-state index is -1.16. The molecule has 2 N–H and O–H groups in total. The Labute approximate surface area is 186 Å². The molecule has 0 atom stereocenters. The molecule has 4 nitrogen and oxygen atoms in total. The SMILES string of the molecule is O=C([O-])c1ccc(C[NH2+]Cc2c(OCc3ccc(Cl)cc3)ccc3ccccc23)cc1. The Morgan fingerprint density at radius 2 is 1.55 bits per heavy atom. The van der Waals surface area contributed by atoms with Gasteiger partial charge in [-0.2, -0.15) is 0 Å². The molecule has 0 unspecified atom stereocenters. The zero-order chi connectivity index (χ0) is 21.6. The highest BCUT2D eigenvalue weighted by molar-refractivity contribution is 6.30. The molecule has 0 aliphatic rings. The zero-order valence-corrected chi connectivity index (χ0v) is 17.6. The third-order valence-corrected chi connectivity index (χ3v) is 5.48. The summed E-state index contributed by atoms with van der Waals surface area (Å²) in [5, 5.41) is 16.1. The summed E-state index contributed by atoms with van der Waals surface area (Å²) < 4.78 is 6.18. The molecule has 0 saturated heterocycles. The molecule has 0 bridgehead atoms. The maximum absolute atomic E-state index is 10.9. The lowest BCUT2D eigenvalue weighted by molar-refractivity contribution is -0.686. The second kappa shape index (κ2) is 9.65. The summed E-state index contributed by atoms with van der Waals surface area (Å²) in [4.78, 5) is 10.9. The molecule has 31 heavy (non-hydrogen) atoms. The summed E-state index contributed by atoms with van der Waals surface area (Å²) in [6, 6.07) is 26.8. The molecule has 0 aliphatic heterocycles. The number of nitrogens with two attached hydrogens (primary N) is 1. The number of carbonyl (C=O) groups is 1. The van der Waals surface area contributed by atoms with Crippen LogP contribution in [0.4, 0.5) is 0 Å². The smallest absolute Gasteiger partial charge is 0.129 e. The van der Waals surface area contributed by atoms with Crippen LogP contribution in [-0.4, -0.2) is 5.97 Å². The van der Waals surface area contributed by atoms with Crippen molar-refractivity contribution in [2.45, 2.75) is 19.7 Å².